The quantitative estimate of drug-likeness (QED) is 0.310. The molecule has 0 aliphatic carbocycles. The number of hydrogen-bond donors (Lipinski definition) is 3. The number of aromatic nitrogens is 3. The number of carbonyl (C=O) groups excluding carboxylic acids is 1. The normalized spacial score (nSPS) is 11.4. The molecule has 0 saturated carbocycles. The van der Waals surface area contributed by atoms with Gasteiger partial charge in [-0.15, -0.1) is 0 Å². The van der Waals surface area contributed by atoms with Gasteiger partial charge in [0.1, 0.15) is 11.8 Å². The summed E-state index contributed by atoms with van der Waals surface area (Å²) in [6.07, 6.45) is 0.357. The van der Waals surface area contributed by atoms with Crippen LogP contribution in [0.2, 0.25) is 5.02 Å². The van der Waals surface area contributed by atoms with Crippen LogP contribution >= 0.6 is 11.6 Å². The Morgan fingerprint density at radius 3 is 2.46 bits per heavy atom. The molecule has 1 atom stereocenters. The summed E-state index contributed by atoms with van der Waals surface area (Å²) in [6, 6.07) is 14.5. The van der Waals surface area contributed by atoms with Crippen LogP contribution in [0, 0.1) is 11.3 Å². The Morgan fingerprint density at radius 1 is 1.13 bits per heavy atom. The van der Waals surface area contributed by atoms with Gasteiger partial charge in [-0.3, -0.25) is 24.0 Å². The number of nitrogens with one attached hydrogen (secondary N) is 2. The number of carboxylic acid groups (broad SMARTS) is 1. The van der Waals surface area contributed by atoms with Gasteiger partial charge in [-0.1, -0.05) is 30.7 Å². The highest BCUT2D eigenvalue weighted by Crippen LogP contribution is 2.33. The van der Waals surface area contributed by atoms with Gasteiger partial charge in [0, 0.05) is 39.5 Å². The second-order valence-corrected chi connectivity index (χ2v) is 8.85. The molecule has 0 aliphatic rings. The molecule has 0 bridgehead atoms. The summed E-state index contributed by atoms with van der Waals surface area (Å²) < 4.78 is 7.46. The summed E-state index contributed by atoms with van der Waals surface area (Å²) in [6.45, 7) is 1.75. The highest BCUT2D eigenvalue weighted by molar-refractivity contribution is 6.31. The SMILES string of the molecule is CCC(C(=O)Nc1ccc(-c2cc(=O)[nH]n2C(=O)O)cc1)n1cc(OC)c(-c2cc(Cl)ccc2C#N)cc1=O. The van der Waals surface area contributed by atoms with E-state index in [-0.39, 0.29) is 17.9 Å². The lowest BCUT2D eigenvalue weighted by Crippen LogP contribution is -2.32. The maximum Gasteiger partial charge on any atom is 0.431 e. The summed E-state index contributed by atoms with van der Waals surface area (Å²) in [5.74, 6) is -0.188. The lowest BCUT2D eigenvalue weighted by Gasteiger charge is -2.20. The van der Waals surface area contributed by atoms with E-state index in [1.807, 2.05) is 0 Å². The van der Waals surface area contributed by atoms with E-state index >= 15 is 0 Å². The molecule has 3 N–H and O–H groups in total. The fraction of sp³-hybridized carbons (Fsp3) is 0.148. The predicted molar refractivity (Wildman–Crippen MR) is 144 cm³/mol. The zero-order chi connectivity index (χ0) is 28.3. The van der Waals surface area contributed by atoms with Crippen LogP contribution in [0.1, 0.15) is 24.9 Å². The number of rotatable bonds is 7. The van der Waals surface area contributed by atoms with Gasteiger partial charge in [-0.25, -0.2) is 4.79 Å². The zero-order valence-corrected chi connectivity index (χ0v) is 21.5. The third-order valence-electron chi connectivity index (χ3n) is 6.05. The average Bonchev–Trinajstić information content (AvgIpc) is 3.32. The standard InChI is InChI=1S/C27H22ClN5O6/c1-3-21(26(36)30-18-8-5-15(6-9-18)22-12-24(34)31-33(22)27(37)38)32-14-23(39-2)20(11-25(32)35)19-10-17(28)7-4-16(19)13-29/h4-12,14,21H,3H2,1-2H3,(H,30,36)(H,31,34)(H,37,38). The number of benzene rings is 2. The van der Waals surface area contributed by atoms with Crippen molar-refractivity contribution in [2.24, 2.45) is 0 Å². The summed E-state index contributed by atoms with van der Waals surface area (Å²) in [4.78, 5) is 49.3. The Hall–Kier alpha value is -5.08. The summed E-state index contributed by atoms with van der Waals surface area (Å²) in [5, 5.41) is 24.1. The van der Waals surface area contributed by atoms with Gasteiger partial charge in [0.05, 0.1) is 30.6 Å². The van der Waals surface area contributed by atoms with Crippen LogP contribution in [0.3, 0.4) is 0 Å². The Balaban J connectivity index is 1.63. The molecule has 39 heavy (non-hydrogen) atoms. The predicted octanol–water partition coefficient (Wildman–Crippen LogP) is 4.32. The van der Waals surface area contributed by atoms with E-state index in [1.54, 1.807) is 49.4 Å². The molecule has 0 aliphatic heterocycles. The highest BCUT2D eigenvalue weighted by Gasteiger charge is 2.23. The third-order valence-corrected chi connectivity index (χ3v) is 6.29. The molecule has 1 unspecified atom stereocenters. The number of hydrogen-bond acceptors (Lipinski definition) is 6. The molecule has 0 spiro atoms. The van der Waals surface area contributed by atoms with Crippen LogP contribution in [0.25, 0.3) is 22.4 Å². The molecule has 198 valence electrons. The van der Waals surface area contributed by atoms with Gasteiger partial charge in [-0.2, -0.15) is 9.94 Å². The monoisotopic (exact) mass is 547 g/mol. The largest absolute Gasteiger partial charge is 0.495 e. The molecule has 0 radical (unpaired) electrons. The Bertz CT molecular complexity index is 1730. The van der Waals surface area contributed by atoms with E-state index in [2.05, 4.69) is 16.5 Å². The summed E-state index contributed by atoms with van der Waals surface area (Å²) >= 11 is 6.12. The van der Waals surface area contributed by atoms with Crippen molar-refractivity contribution in [1.82, 2.24) is 14.3 Å². The Morgan fingerprint density at radius 2 is 1.85 bits per heavy atom. The minimum atomic E-state index is -1.35. The van der Waals surface area contributed by atoms with Gasteiger partial charge >= 0.3 is 6.09 Å². The first-order valence-electron chi connectivity index (χ1n) is 11.6. The minimum Gasteiger partial charge on any atom is -0.495 e. The van der Waals surface area contributed by atoms with Crippen LogP contribution < -0.4 is 21.2 Å². The number of halogens is 1. The van der Waals surface area contributed by atoms with E-state index < -0.39 is 29.2 Å². The second-order valence-electron chi connectivity index (χ2n) is 8.42. The molecule has 2 aromatic carbocycles. The van der Waals surface area contributed by atoms with Crippen molar-refractivity contribution in [2.75, 3.05) is 12.4 Å². The number of nitrogens with zero attached hydrogens (tertiary/aromatic N) is 3. The van der Waals surface area contributed by atoms with Crippen LogP contribution in [-0.2, 0) is 4.79 Å². The van der Waals surface area contributed by atoms with E-state index in [9.17, 15) is 29.5 Å². The third kappa shape index (κ3) is 5.46. The van der Waals surface area contributed by atoms with E-state index in [1.165, 1.54) is 23.9 Å². The van der Waals surface area contributed by atoms with Crippen molar-refractivity contribution in [1.29, 1.82) is 5.26 Å². The molecule has 1 amide bonds. The van der Waals surface area contributed by atoms with E-state index in [0.29, 0.717) is 37.6 Å². The maximum absolute atomic E-state index is 13.2. The van der Waals surface area contributed by atoms with Gasteiger partial charge in [0.15, 0.2) is 0 Å². The number of anilines is 1. The lowest BCUT2D eigenvalue weighted by atomic mass is 10.00. The van der Waals surface area contributed by atoms with Crippen LogP contribution in [0.15, 0.2) is 70.4 Å². The van der Waals surface area contributed by atoms with Crippen LogP contribution in [0.4, 0.5) is 10.5 Å². The molecule has 4 rings (SSSR count). The topological polar surface area (TPSA) is 159 Å². The van der Waals surface area contributed by atoms with Gasteiger partial charge < -0.3 is 15.2 Å². The number of nitriles is 1. The van der Waals surface area contributed by atoms with Crippen molar-refractivity contribution in [2.45, 2.75) is 19.4 Å². The van der Waals surface area contributed by atoms with E-state index in [0.717, 1.165) is 6.07 Å². The average molecular weight is 548 g/mol. The number of aromatic amines is 1. The molecule has 11 nitrogen and oxygen atoms in total. The van der Waals surface area contributed by atoms with Crippen molar-refractivity contribution in [3.05, 3.63) is 92.1 Å². The maximum atomic E-state index is 13.2. The van der Waals surface area contributed by atoms with Crippen molar-refractivity contribution < 1.29 is 19.4 Å². The first-order chi connectivity index (χ1) is 18.7. The van der Waals surface area contributed by atoms with Crippen LogP contribution in [0.5, 0.6) is 5.75 Å². The summed E-state index contributed by atoms with van der Waals surface area (Å²) in [7, 11) is 1.42. The minimum absolute atomic E-state index is 0.148. The van der Waals surface area contributed by atoms with Gasteiger partial charge in [0.25, 0.3) is 11.1 Å². The fourth-order valence-corrected chi connectivity index (χ4v) is 4.37. The van der Waals surface area contributed by atoms with Gasteiger partial charge in [-0.05, 0) is 36.8 Å². The molecular weight excluding hydrogens is 526 g/mol. The molecular formula is C27H22ClN5O6. The number of H-pyrrole nitrogens is 1. The molecule has 4 aromatic rings. The lowest BCUT2D eigenvalue weighted by molar-refractivity contribution is -0.119. The number of amides is 1. The smallest absolute Gasteiger partial charge is 0.431 e. The van der Waals surface area contributed by atoms with Gasteiger partial charge in [0.2, 0.25) is 5.91 Å². The molecule has 12 heteroatoms. The van der Waals surface area contributed by atoms with Crippen molar-refractivity contribution >= 4 is 29.3 Å². The number of ether oxygens (including phenoxy) is 1. The molecule has 2 heterocycles. The van der Waals surface area contributed by atoms with E-state index in [4.69, 9.17) is 16.3 Å². The Labute approximate surface area is 226 Å². The first-order valence-corrected chi connectivity index (χ1v) is 12.0. The first kappa shape index (κ1) is 27.0. The fourth-order valence-electron chi connectivity index (χ4n) is 4.20. The number of pyridine rings is 1. The zero-order valence-electron chi connectivity index (χ0n) is 20.8. The summed E-state index contributed by atoms with van der Waals surface area (Å²) in [5.41, 5.74) is 1.05. The Kier molecular flexibility index (Phi) is 7.69. The molecule has 2 aromatic heterocycles. The van der Waals surface area contributed by atoms with Crippen molar-refractivity contribution in [3.63, 3.8) is 0 Å². The van der Waals surface area contributed by atoms with Crippen LogP contribution in [-0.4, -0.2) is 38.6 Å². The van der Waals surface area contributed by atoms with Crippen molar-refractivity contribution in [3.8, 4) is 34.2 Å². The molecule has 0 saturated heterocycles. The highest BCUT2D eigenvalue weighted by atomic mass is 35.5. The number of carbonyl (C=O) groups is 2. The second kappa shape index (κ2) is 11.1. The molecule has 0 fully saturated rings. The number of methoxy groups -OCH3 is 1.